The van der Waals surface area contributed by atoms with Gasteiger partial charge in [-0.3, -0.25) is 0 Å². The van der Waals surface area contributed by atoms with Gasteiger partial charge in [0.1, 0.15) is 5.75 Å². The predicted octanol–water partition coefficient (Wildman–Crippen LogP) is 4.62. The average Bonchev–Trinajstić information content (AvgIpc) is 2.59. The first-order valence-electron chi connectivity index (χ1n) is 9.15. The van der Waals surface area contributed by atoms with E-state index in [9.17, 15) is 4.79 Å². The lowest BCUT2D eigenvalue weighted by Crippen LogP contribution is -2.24. The number of methoxy groups -OCH3 is 1. The minimum atomic E-state index is -0.331. The first-order chi connectivity index (χ1) is 11.9. The molecule has 0 spiro atoms. The largest absolute Gasteiger partial charge is 0.496 e. The smallest absolute Gasteiger partial charge is 0.330 e. The summed E-state index contributed by atoms with van der Waals surface area (Å²) in [5.74, 6) is 1.12. The van der Waals surface area contributed by atoms with Gasteiger partial charge in [-0.25, -0.2) is 4.79 Å². The third kappa shape index (κ3) is 5.52. The van der Waals surface area contributed by atoms with E-state index in [4.69, 9.17) is 9.47 Å². The maximum Gasteiger partial charge on any atom is 0.330 e. The standard InChI is InChI=1S/C21H33NO3/c1-8-15(4)14-22(6)19-13-17(9-2)18(21(24-7)16(19)5)11-12-20(23)25-10-3/h11-13,15H,8-10,14H2,1-7H3/b12-11+. The molecule has 1 rings (SSSR count). The van der Waals surface area contributed by atoms with Gasteiger partial charge in [0.05, 0.1) is 13.7 Å². The van der Waals surface area contributed by atoms with Crippen molar-refractivity contribution >= 4 is 17.7 Å². The molecular formula is C21H33NO3. The van der Waals surface area contributed by atoms with Crippen LogP contribution in [0.15, 0.2) is 12.1 Å². The van der Waals surface area contributed by atoms with Crippen LogP contribution in [0.1, 0.15) is 50.8 Å². The van der Waals surface area contributed by atoms with Crippen molar-refractivity contribution in [2.24, 2.45) is 5.92 Å². The van der Waals surface area contributed by atoms with Gasteiger partial charge in [-0.15, -0.1) is 0 Å². The topological polar surface area (TPSA) is 38.8 Å². The van der Waals surface area contributed by atoms with Crippen molar-refractivity contribution in [2.45, 2.75) is 47.5 Å². The van der Waals surface area contributed by atoms with Crippen LogP contribution in [0, 0.1) is 12.8 Å². The van der Waals surface area contributed by atoms with Crippen LogP contribution in [0.3, 0.4) is 0 Å². The summed E-state index contributed by atoms with van der Waals surface area (Å²) < 4.78 is 10.7. The first kappa shape index (κ1) is 21.1. The van der Waals surface area contributed by atoms with Crippen molar-refractivity contribution in [1.82, 2.24) is 0 Å². The fourth-order valence-corrected chi connectivity index (χ4v) is 2.99. The minimum absolute atomic E-state index is 0.331. The molecular weight excluding hydrogens is 314 g/mol. The number of carbonyl (C=O) groups is 1. The highest BCUT2D eigenvalue weighted by atomic mass is 16.5. The Morgan fingerprint density at radius 1 is 1.32 bits per heavy atom. The summed E-state index contributed by atoms with van der Waals surface area (Å²) in [6, 6.07) is 2.21. The highest BCUT2D eigenvalue weighted by molar-refractivity contribution is 5.88. The van der Waals surface area contributed by atoms with Crippen LogP contribution >= 0.6 is 0 Å². The number of rotatable bonds is 9. The zero-order chi connectivity index (χ0) is 19.0. The number of benzene rings is 1. The molecule has 0 aliphatic rings. The lowest BCUT2D eigenvalue weighted by Gasteiger charge is -2.27. The number of carbonyl (C=O) groups excluding carboxylic acids is 1. The van der Waals surface area contributed by atoms with Gasteiger partial charge in [0, 0.05) is 36.5 Å². The summed E-state index contributed by atoms with van der Waals surface area (Å²) in [6.07, 6.45) is 5.30. The Hall–Kier alpha value is -1.97. The van der Waals surface area contributed by atoms with E-state index in [1.807, 2.05) is 0 Å². The number of hydrogen-bond acceptors (Lipinski definition) is 4. The molecule has 4 heteroatoms. The molecule has 0 saturated carbocycles. The summed E-state index contributed by atoms with van der Waals surface area (Å²) in [6.45, 7) is 11.8. The Morgan fingerprint density at radius 3 is 2.52 bits per heavy atom. The van der Waals surface area contributed by atoms with Crippen LogP contribution in [0.4, 0.5) is 5.69 Å². The van der Waals surface area contributed by atoms with Crippen LogP contribution in [-0.2, 0) is 16.0 Å². The van der Waals surface area contributed by atoms with Gasteiger partial charge in [-0.1, -0.05) is 27.2 Å². The third-order valence-electron chi connectivity index (χ3n) is 4.58. The molecule has 0 radical (unpaired) electrons. The van der Waals surface area contributed by atoms with E-state index in [-0.39, 0.29) is 5.97 Å². The summed E-state index contributed by atoms with van der Waals surface area (Å²) in [4.78, 5) is 14.0. The predicted molar refractivity (Wildman–Crippen MR) is 106 cm³/mol. The molecule has 0 saturated heterocycles. The second kappa shape index (κ2) is 10.1. The van der Waals surface area contributed by atoms with Crippen LogP contribution in [0.5, 0.6) is 5.75 Å². The molecule has 0 bridgehead atoms. The third-order valence-corrected chi connectivity index (χ3v) is 4.58. The SMILES string of the molecule is CCOC(=O)/C=C/c1c(CC)cc(N(C)CC(C)CC)c(C)c1OC. The molecule has 0 fully saturated rings. The van der Waals surface area contributed by atoms with E-state index in [2.05, 4.69) is 45.7 Å². The van der Waals surface area contributed by atoms with Crippen molar-refractivity contribution < 1.29 is 14.3 Å². The molecule has 25 heavy (non-hydrogen) atoms. The molecule has 0 aliphatic heterocycles. The number of nitrogens with zero attached hydrogens (tertiary/aromatic N) is 1. The monoisotopic (exact) mass is 347 g/mol. The number of aryl methyl sites for hydroxylation is 1. The van der Waals surface area contributed by atoms with Crippen molar-refractivity contribution in [2.75, 3.05) is 32.2 Å². The van der Waals surface area contributed by atoms with Crippen LogP contribution in [-0.4, -0.2) is 33.3 Å². The average molecular weight is 347 g/mol. The molecule has 0 aromatic heterocycles. The molecule has 4 nitrogen and oxygen atoms in total. The lowest BCUT2D eigenvalue weighted by molar-refractivity contribution is -0.137. The number of esters is 1. The zero-order valence-electron chi connectivity index (χ0n) is 16.8. The number of anilines is 1. The first-order valence-corrected chi connectivity index (χ1v) is 9.15. The Labute approximate surface area is 152 Å². The van der Waals surface area contributed by atoms with Crippen molar-refractivity contribution in [3.63, 3.8) is 0 Å². The van der Waals surface area contributed by atoms with E-state index in [1.165, 1.54) is 11.8 Å². The van der Waals surface area contributed by atoms with Gasteiger partial charge < -0.3 is 14.4 Å². The molecule has 0 heterocycles. The van der Waals surface area contributed by atoms with Crippen molar-refractivity contribution in [1.29, 1.82) is 0 Å². The van der Waals surface area contributed by atoms with Gasteiger partial charge in [0.2, 0.25) is 0 Å². The van der Waals surface area contributed by atoms with Gasteiger partial charge in [0.15, 0.2) is 0 Å². The highest BCUT2D eigenvalue weighted by Gasteiger charge is 2.17. The quantitative estimate of drug-likeness (QED) is 0.482. The second-order valence-electron chi connectivity index (χ2n) is 6.46. The van der Waals surface area contributed by atoms with E-state index in [0.29, 0.717) is 12.5 Å². The lowest BCUT2D eigenvalue weighted by atomic mass is 9.97. The molecule has 1 aromatic rings. The Morgan fingerprint density at radius 2 is 2.00 bits per heavy atom. The van der Waals surface area contributed by atoms with E-state index in [0.717, 1.165) is 41.8 Å². The number of hydrogen-bond donors (Lipinski definition) is 0. The van der Waals surface area contributed by atoms with Crippen LogP contribution < -0.4 is 9.64 Å². The minimum Gasteiger partial charge on any atom is -0.496 e. The summed E-state index contributed by atoms with van der Waals surface area (Å²) in [7, 11) is 3.81. The fourth-order valence-electron chi connectivity index (χ4n) is 2.99. The maximum atomic E-state index is 11.7. The molecule has 1 atom stereocenters. The maximum absolute atomic E-state index is 11.7. The van der Waals surface area contributed by atoms with E-state index >= 15 is 0 Å². The van der Waals surface area contributed by atoms with Crippen molar-refractivity contribution in [3.8, 4) is 5.75 Å². The molecule has 0 amide bonds. The Kier molecular flexibility index (Phi) is 8.53. The van der Waals surface area contributed by atoms with E-state index in [1.54, 1.807) is 20.1 Å². The highest BCUT2D eigenvalue weighted by Crippen LogP contribution is 2.36. The van der Waals surface area contributed by atoms with Crippen LogP contribution in [0.25, 0.3) is 6.08 Å². The normalized spacial score (nSPS) is 12.3. The number of ether oxygens (including phenoxy) is 2. The fraction of sp³-hybridized carbons (Fsp3) is 0.571. The molecule has 0 aliphatic carbocycles. The molecule has 140 valence electrons. The van der Waals surface area contributed by atoms with Crippen molar-refractivity contribution in [3.05, 3.63) is 28.8 Å². The molecule has 1 unspecified atom stereocenters. The second-order valence-corrected chi connectivity index (χ2v) is 6.46. The molecule has 0 N–H and O–H groups in total. The zero-order valence-corrected chi connectivity index (χ0v) is 16.8. The molecule has 1 aromatic carbocycles. The van der Waals surface area contributed by atoms with Gasteiger partial charge in [0.25, 0.3) is 0 Å². The van der Waals surface area contributed by atoms with Gasteiger partial charge in [-0.2, -0.15) is 0 Å². The van der Waals surface area contributed by atoms with Gasteiger partial charge >= 0.3 is 5.97 Å². The summed E-state index contributed by atoms with van der Waals surface area (Å²) in [5.41, 5.74) is 4.39. The van der Waals surface area contributed by atoms with E-state index < -0.39 is 0 Å². The Bertz CT molecular complexity index is 608. The van der Waals surface area contributed by atoms with Crippen LogP contribution in [0.2, 0.25) is 0 Å². The Balaban J connectivity index is 3.32. The summed E-state index contributed by atoms with van der Waals surface area (Å²) >= 11 is 0. The summed E-state index contributed by atoms with van der Waals surface area (Å²) in [5, 5.41) is 0. The van der Waals surface area contributed by atoms with Gasteiger partial charge in [-0.05, 0) is 43.9 Å².